The predicted octanol–water partition coefficient (Wildman–Crippen LogP) is 1.92. The van der Waals surface area contributed by atoms with Crippen LogP contribution in [-0.2, 0) is 16.1 Å². The van der Waals surface area contributed by atoms with E-state index in [1.165, 1.54) is 17.6 Å². The number of halogens is 2. The molecule has 0 fully saturated rings. The Morgan fingerprint density at radius 2 is 1.47 bits per heavy atom. The fourth-order valence-electron chi connectivity index (χ4n) is 3.35. The number of hydroxylamine groups is 1. The number of rotatable bonds is 10. The van der Waals surface area contributed by atoms with Crippen LogP contribution < -0.4 is 27.2 Å². The lowest BCUT2D eigenvalue weighted by atomic mass is 10.0. The molecule has 3 aromatic carbocycles. The summed E-state index contributed by atoms with van der Waals surface area (Å²) in [4.78, 5) is 35.9. The van der Waals surface area contributed by atoms with E-state index < -0.39 is 29.5 Å². The molecular formula is C25H25F2N5O4. The van der Waals surface area contributed by atoms with Gasteiger partial charge in [0.1, 0.15) is 17.7 Å². The number of anilines is 1. The van der Waals surface area contributed by atoms with Crippen LogP contribution >= 0.6 is 0 Å². The lowest BCUT2D eigenvalue weighted by molar-refractivity contribution is -0.130. The average Bonchev–Trinajstić information content (AvgIpc) is 2.86. The summed E-state index contributed by atoms with van der Waals surface area (Å²) in [5.41, 5.74) is 9.80. The van der Waals surface area contributed by atoms with E-state index in [1.807, 2.05) is 0 Å². The van der Waals surface area contributed by atoms with Gasteiger partial charge >= 0.3 is 0 Å². The number of hydrogen-bond donors (Lipinski definition) is 6. The van der Waals surface area contributed by atoms with Gasteiger partial charge in [0.2, 0.25) is 5.91 Å². The quantitative estimate of drug-likeness (QED) is 0.186. The van der Waals surface area contributed by atoms with Gasteiger partial charge < -0.3 is 21.7 Å². The molecule has 0 radical (unpaired) electrons. The van der Waals surface area contributed by atoms with Crippen LogP contribution in [0.3, 0.4) is 0 Å². The second-order valence-electron chi connectivity index (χ2n) is 7.82. The fraction of sp³-hybridized carbons (Fsp3) is 0.160. The van der Waals surface area contributed by atoms with Crippen LogP contribution in [0.2, 0.25) is 0 Å². The highest BCUT2D eigenvalue weighted by Crippen LogP contribution is 2.22. The van der Waals surface area contributed by atoms with Crippen molar-refractivity contribution < 1.29 is 28.4 Å². The molecule has 188 valence electrons. The third-order valence-corrected chi connectivity index (χ3v) is 5.15. The lowest BCUT2D eigenvalue weighted by Gasteiger charge is -2.14. The van der Waals surface area contributed by atoms with Gasteiger partial charge in [0.25, 0.3) is 11.8 Å². The number of nitrogens with one attached hydrogen (secondary N) is 4. The highest BCUT2D eigenvalue weighted by molar-refractivity contribution is 5.98. The Kier molecular flexibility index (Phi) is 9.17. The first-order valence-electron chi connectivity index (χ1n) is 10.9. The van der Waals surface area contributed by atoms with E-state index in [0.717, 1.165) is 17.2 Å². The van der Waals surface area contributed by atoms with E-state index in [9.17, 15) is 23.2 Å². The number of benzene rings is 3. The zero-order chi connectivity index (χ0) is 26.1. The monoisotopic (exact) mass is 497 g/mol. The van der Waals surface area contributed by atoms with Crippen molar-refractivity contribution in [1.82, 2.24) is 16.1 Å². The van der Waals surface area contributed by atoms with Crippen molar-refractivity contribution in [3.8, 4) is 11.1 Å². The van der Waals surface area contributed by atoms with Gasteiger partial charge in [0.05, 0.1) is 6.54 Å². The maximum atomic E-state index is 13.2. The van der Waals surface area contributed by atoms with Gasteiger partial charge in [-0.05, 0) is 53.1 Å². The molecular weight excluding hydrogens is 472 g/mol. The molecule has 0 heterocycles. The van der Waals surface area contributed by atoms with Crippen molar-refractivity contribution in [2.24, 2.45) is 5.73 Å². The number of amides is 3. The largest absolute Gasteiger partial charge is 0.339 e. The lowest BCUT2D eigenvalue weighted by Crippen LogP contribution is -2.50. The summed E-state index contributed by atoms with van der Waals surface area (Å²) in [5.74, 6) is -3.01. The molecule has 0 aliphatic rings. The molecule has 7 N–H and O–H groups in total. The van der Waals surface area contributed by atoms with Crippen molar-refractivity contribution in [3.63, 3.8) is 0 Å². The molecule has 0 aliphatic carbocycles. The Morgan fingerprint density at radius 3 is 2.03 bits per heavy atom. The summed E-state index contributed by atoms with van der Waals surface area (Å²) in [6.07, 6.45) is 0. The highest BCUT2D eigenvalue weighted by atomic mass is 19.1. The molecule has 3 aromatic rings. The van der Waals surface area contributed by atoms with E-state index in [2.05, 4.69) is 16.0 Å². The SMILES string of the molecule is NC[C@H](NC(=O)c1ccc(-c2ccc(NC(=O)CNCc3cc(F)cc(F)c3)cc2)cc1)C(=O)NO. The van der Waals surface area contributed by atoms with Crippen LogP contribution in [0.25, 0.3) is 11.1 Å². The first kappa shape index (κ1) is 26.4. The maximum absolute atomic E-state index is 13.2. The minimum absolute atomic E-state index is 0.0472. The van der Waals surface area contributed by atoms with Crippen molar-refractivity contribution >= 4 is 23.4 Å². The zero-order valence-corrected chi connectivity index (χ0v) is 19.1. The smallest absolute Gasteiger partial charge is 0.267 e. The number of nitrogens with two attached hydrogens (primary N) is 1. The minimum Gasteiger partial charge on any atom is -0.339 e. The minimum atomic E-state index is -1.07. The van der Waals surface area contributed by atoms with E-state index in [0.29, 0.717) is 16.8 Å². The molecule has 0 aliphatic heterocycles. The maximum Gasteiger partial charge on any atom is 0.267 e. The number of carbonyl (C=O) groups excluding carboxylic acids is 3. The van der Waals surface area contributed by atoms with E-state index >= 15 is 0 Å². The Morgan fingerprint density at radius 1 is 0.889 bits per heavy atom. The van der Waals surface area contributed by atoms with Gasteiger partial charge in [-0.15, -0.1) is 0 Å². The molecule has 0 aromatic heterocycles. The Hall–Kier alpha value is -4.19. The molecule has 0 bridgehead atoms. The van der Waals surface area contributed by atoms with Gasteiger partial charge in [0.15, 0.2) is 0 Å². The standard InChI is InChI=1S/C25H25F2N5O4/c26-19-9-15(10-20(27)11-19)13-29-14-23(33)30-21-7-5-17(6-8-21)16-1-3-18(4-2-16)24(34)31-22(12-28)25(35)32-36/h1-11,22,29,36H,12-14,28H2,(H,30,33)(H,31,34)(H,32,35)/t22-/m0/s1. The zero-order valence-electron chi connectivity index (χ0n) is 19.1. The van der Waals surface area contributed by atoms with Gasteiger partial charge in [0, 0.05) is 30.4 Å². The average molecular weight is 498 g/mol. The van der Waals surface area contributed by atoms with Crippen LogP contribution in [0.1, 0.15) is 15.9 Å². The molecule has 0 unspecified atom stereocenters. The van der Waals surface area contributed by atoms with Gasteiger partial charge in [-0.3, -0.25) is 19.6 Å². The molecule has 0 spiro atoms. The molecule has 9 nitrogen and oxygen atoms in total. The van der Waals surface area contributed by atoms with Crippen LogP contribution in [0.4, 0.5) is 14.5 Å². The summed E-state index contributed by atoms with van der Waals surface area (Å²) in [7, 11) is 0. The van der Waals surface area contributed by atoms with Crippen molar-refractivity contribution in [2.75, 3.05) is 18.4 Å². The summed E-state index contributed by atoms with van der Waals surface area (Å²) < 4.78 is 26.4. The Labute approximate surface area is 205 Å². The molecule has 11 heteroatoms. The van der Waals surface area contributed by atoms with Crippen LogP contribution in [0.5, 0.6) is 0 Å². The second-order valence-corrected chi connectivity index (χ2v) is 7.82. The molecule has 1 atom stereocenters. The number of hydrogen-bond acceptors (Lipinski definition) is 6. The molecule has 3 rings (SSSR count). The van der Waals surface area contributed by atoms with Crippen molar-refractivity contribution in [1.29, 1.82) is 0 Å². The van der Waals surface area contributed by atoms with Crippen molar-refractivity contribution in [2.45, 2.75) is 12.6 Å². The summed E-state index contributed by atoms with van der Waals surface area (Å²) in [5, 5.41) is 16.7. The van der Waals surface area contributed by atoms with Crippen molar-refractivity contribution in [3.05, 3.63) is 89.5 Å². The van der Waals surface area contributed by atoms with Gasteiger partial charge in [-0.25, -0.2) is 14.3 Å². The second kappa shape index (κ2) is 12.5. The first-order valence-corrected chi connectivity index (χ1v) is 10.9. The molecule has 3 amide bonds. The van der Waals surface area contributed by atoms with Crippen LogP contribution in [0, 0.1) is 11.6 Å². The highest BCUT2D eigenvalue weighted by Gasteiger charge is 2.19. The third kappa shape index (κ3) is 7.40. The molecule has 0 saturated heterocycles. The van der Waals surface area contributed by atoms with Crippen LogP contribution in [0.15, 0.2) is 66.7 Å². The van der Waals surface area contributed by atoms with Gasteiger partial charge in [-0.1, -0.05) is 24.3 Å². The molecule has 36 heavy (non-hydrogen) atoms. The normalized spacial score (nSPS) is 11.4. The number of carbonyl (C=O) groups is 3. The van der Waals surface area contributed by atoms with E-state index in [1.54, 1.807) is 48.5 Å². The first-order chi connectivity index (χ1) is 17.3. The van der Waals surface area contributed by atoms with E-state index in [4.69, 9.17) is 10.9 Å². The van der Waals surface area contributed by atoms with Gasteiger partial charge in [-0.2, -0.15) is 0 Å². The third-order valence-electron chi connectivity index (χ3n) is 5.15. The molecule has 0 saturated carbocycles. The summed E-state index contributed by atoms with van der Waals surface area (Å²) in [6, 6.07) is 15.8. The Bertz CT molecular complexity index is 1200. The van der Waals surface area contributed by atoms with E-state index in [-0.39, 0.29) is 25.5 Å². The Balaban J connectivity index is 1.52. The predicted molar refractivity (Wildman–Crippen MR) is 129 cm³/mol. The summed E-state index contributed by atoms with van der Waals surface area (Å²) in [6.45, 7) is -0.0902. The topological polar surface area (TPSA) is 146 Å². The van der Waals surface area contributed by atoms with Crippen LogP contribution in [-0.4, -0.2) is 42.1 Å². The fourth-order valence-corrected chi connectivity index (χ4v) is 3.35. The summed E-state index contributed by atoms with van der Waals surface area (Å²) >= 11 is 0.